The number of hydrogen-bond donors (Lipinski definition) is 0. The molecule has 0 saturated carbocycles. The largest absolute Gasteiger partial charge is 0.496 e. The molecule has 3 rings (SSSR count). The smallest absolute Gasteiger partial charge is 0.275 e. The molecule has 0 bridgehead atoms. The van der Waals surface area contributed by atoms with Crippen LogP contribution in [-0.2, 0) is 17.8 Å². The van der Waals surface area contributed by atoms with Crippen LogP contribution in [0.15, 0.2) is 34.9 Å². The van der Waals surface area contributed by atoms with Gasteiger partial charge in [0.25, 0.3) is 5.91 Å². The summed E-state index contributed by atoms with van der Waals surface area (Å²) in [6.45, 7) is 9.01. The molecule has 1 aliphatic heterocycles. The average molecular weight is 417 g/mol. The standard InChI is InChI=1S/C22H32N4O4/c1-4-24(2)22(27)19-17-30-21(23-19)16-26(10-9-25-11-13-29-14-12-25)15-18-7-5-6-8-20(18)28-3/h5-8,17H,4,9-16H2,1-3H3. The Morgan fingerprint density at radius 3 is 2.73 bits per heavy atom. The zero-order valence-corrected chi connectivity index (χ0v) is 18.2. The van der Waals surface area contributed by atoms with Crippen molar-refractivity contribution in [3.63, 3.8) is 0 Å². The van der Waals surface area contributed by atoms with Crippen LogP contribution < -0.4 is 4.74 Å². The summed E-state index contributed by atoms with van der Waals surface area (Å²) in [4.78, 5) is 23.1. The Bertz CT molecular complexity index is 804. The summed E-state index contributed by atoms with van der Waals surface area (Å²) in [6, 6.07) is 8.02. The number of aromatic nitrogens is 1. The molecule has 1 aliphatic rings. The van der Waals surface area contributed by atoms with Gasteiger partial charge in [-0.25, -0.2) is 4.98 Å². The molecule has 164 valence electrons. The van der Waals surface area contributed by atoms with Gasteiger partial charge in [-0.2, -0.15) is 0 Å². The molecule has 1 aromatic carbocycles. The predicted molar refractivity (Wildman–Crippen MR) is 114 cm³/mol. The Morgan fingerprint density at radius 2 is 2.00 bits per heavy atom. The van der Waals surface area contributed by atoms with Crippen molar-refractivity contribution >= 4 is 5.91 Å². The molecule has 1 amide bonds. The number of ether oxygens (including phenoxy) is 2. The molecule has 2 aromatic rings. The van der Waals surface area contributed by atoms with Gasteiger partial charge in [-0.1, -0.05) is 18.2 Å². The van der Waals surface area contributed by atoms with E-state index in [4.69, 9.17) is 13.9 Å². The maximum atomic E-state index is 12.3. The van der Waals surface area contributed by atoms with Crippen LogP contribution in [0.4, 0.5) is 0 Å². The van der Waals surface area contributed by atoms with Crippen LogP contribution in [0.5, 0.6) is 5.75 Å². The highest BCUT2D eigenvalue weighted by atomic mass is 16.5. The third kappa shape index (κ3) is 6.04. The van der Waals surface area contributed by atoms with Crippen molar-refractivity contribution in [3.05, 3.63) is 47.7 Å². The van der Waals surface area contributed by atoms with E-state index in [1.165, 1.54) is 6.26 Å². The van der Waals surface area contributed by atoms with E-state index in [9.17, 15) is 4.79 Å². The summed E-state index contributed by atoms with van der Waals surface area (Å²) >= 11 is 0. The van der Waals surface area contributed by atoms with Gasteiger partial charge < -0.3 is 18.8 Å². The van der Waals surface area contributed by atoms with Gasteiger partial charge in [0, 0.05) is 51.9 Å². The van der Waals surface area contributed by atoms with Gasteiger partial charge in [0.2, 0.25) is 5.89 Å². The third-order valence-electron chi connectivity index (χ3n) is 5.37. The zero-order valence-electron chi connectivity index (χ0n) is 18.2. The normalized spacial score (nSPS) is 14.8. The number of amides is 1. The number of hydrogen-bond acceptors (Lipinski definition) is 7. The average Bonchev–Trinajstić information content (AvgIpc) is 3.26. The van der Waals surface area contributed by atoms with Crippen LogP contribution in [0.25, 0.3) is 0 Å². The lowest BCUT2D eigenvalue weighted by atomic mass is 10.2. The van der Waals surface area contributed by atoms with Crippen molar-refractivity contribution < 1.29 is 18.7 Å². The van der Waals surface area contributed by atoms with E-state index < -0.39 is 0 Å². The second-order valence-corrected chi connectivity index (χ2v) is 7.42. The molecule has 30 heavy (non-hydrogen) atoms. The first-order chi connectivity index (χ1) is 14.6. The minimum absolute atomic E-state index is 0.128. The summed E-state index contributed by atoms with van der Waals surface area (Å²) in [7, 11) is 3.44. The number of morpholine rings is 1. The SMILES string of the molecule is CCN(C)C(=O)c1coc(CN(CCN2CCOCC2)Cc2ccccc2OC)n1. The van der Waals surface area contributed by atoms with Gasteiger partial charge in [-0.3, -0.25) is 14.6 Å². The fraction of sp³-hybridized carbons (Fsp3) is 0.545. The molecule has 0 aliphatic carbocycles. The highest BCUT2D eigenvalue weighted by Gasteiger charge is 2.19. The van der Waals surface area contributed by atoms with Crippen molar-refractivity contribution in [3.8, 4) is 5.75 Å². The lowest BCUT2D eigenvalue weighted by Crippen LogP contribution is -2.41. The monoisotopic (exact) mass is 416 g/mol. The summed E-state index contributed by atoms with van der Waals surface area (Å²) in [6.07, 6.45) is 1.45. The van der Waals surface area contributed by atoms with Gasteiger partial charge in [-0.05, 0) is 13.0 Å². The van der Waals surface area contributed by atoms with E-state index in [0.29, 0.717) is 31.2 Å². The quantitative estimate of drug-likeness (QED) is 0.587. The first-order valence-corrected chi connectivity index (χ1v) is 10.4. The first-order valence-electron chi connectivity index (χ1n) is 10.4. The van der Waals surface area contributed by atoms with E-state index in [0.717, 1.165) is 50.7 Å². The molecule has 8 heteroatoms. The van der Waals surface area contributed by atoms with Gasteiger partial charge in [0.1, 0.15) is 12.0 Å². The van der Waals surface area contributed by atoms with Crippen LogP contribution >= 0.6 is 0 Å². The van der Waals surface area contributed by atoms with Crippen LogP contribution in [0.3, 0.4) is 0 Å². The molecule has 8 nitrogen and oxygen atoms in total. The number of carbonyl (C=O) groups excluding carboxylic acids is 1. The summed E-state index contributed by atoms with van der Waals surface area (Å²) < 4.78 is 16.6. The molecule has 0 atom stereocenters. The minimum atomic E-state index is -0.128. The van der Waals surface area contributed by atoms with Gasteiger partial charge in [0.05, 0.1) is 26.9 Å². The maximum absolute atomic E-state index is 12.3. The predicted octanol–water partition coefficient (Wildman–Crippen LogP) is 2.11. The zero-order chi connectivity index (χ0) is 21.3. The lowest BCUT2D eigenvalue weighted by Gasteiger charge is -2.29. The van der Waals surface area contributed by atoms with Crippen LogP contribution in [0.1, 0.15) is 28.9 Å². The highest BCUT2D eigenvalue weighted by Crippen LogP contribution is 2.20. The number of rotatable bonds is 10. The number of benzene rings is 1. The molecule has 1 aromatic heterocycles. The molecule has 0 spiro atoms. The molecule has 0 radical (unpaired) electrons. The van der Waals surface area contributed by atoms with Crippen molar-refractivity contribution in [1.29, 1.82) is 0 Å². The van der Waals surface area contributed by atoms with Gasteiger partial charge in [-0.15, -0.1) is 0 Å². The van der Waals surface area contributed by atoms with Crippen molar-refractivity contribution in [2.45, 2.75) is 20.0 Å². The molecule has 1 saturated heterocycles. The van der Waals surface area contributed by atoms with Gasteiger partial charge in [0.15, 0.2) is 5.69 Å². The van der Waals surface area contributed by atoms with Crippen LogP contribution in [0, 0.1) is 0 Å². The topological polar surface area (TPSA) is 71.3 Å². The highest BCUT2D eigenvalue weighted by molar-refractivity contribution is 5.91. The second-order valence-electron chi connectivity index (χ2n) is 7.42. The summed E-state index contributed by atoms with van der Waals surface area (Å²) in [5.74, 6) is 1.28. The number of nitrogens with zero attached hydrogens (tertiary/aromatic N) is 4. The summed E-state index contributed by atoms with van der Waals surface area (Å²) in [5, 5.41) is 0. The fourth-order valence-corrected chi connectivity index (χ4v) is 3.41. The molecule has 0 unspecified atom stereocenters. The molecule has 1 fully saturated rings. The fourth-order valence-electron chi connectivity index (χ4n) is 3.41. The molecule has 0 N–H and O–H groups in total. The van der Waals surface area contributed by atoms with E-state index in [1.54, 1.807) is 19.1 Å². The molecular formula is C22H32N4O4. The van der Waals surface area contributed by atoms with Gasteiger partial charge >= 0.3 is 0 Å². The van der Waals surface area contributed by atoms with Crippen LogP contribution in [-0.4, -0.2) is 85.7 Å². The van der Waals surface area contributed by atoms with Crippen molar-refractivity contribution in [2.75, 3.05) is 60.1 Å². The van der Waals surface area contributed by atoms with E-state index in [-0.39, 0.29) is 5.91 Å². The molecular weight excluding hydrogens is 384 g/mol. The van der Waals surface area contributed by atoms with E-state index >= 15 is 0 Å². The Labute approximate surface area is 178 Å². The number of oxazole rings is 1. The van der Waals surface area contributed by atoms with E-state index in [2.05, 4.69) is 20.9 Å². The maximum Gasteiger partial charge on any atom is 0.275 e. The lowest BCUT2D eigenvalue weighted by molar-refractivity contribution is 0.0320. The minimum Gasteiger partial charge on any atom is -0.496 e. The Hall–Kier alpha value is -2.42. The third-order valence-corrected chi connectivity index (χ3v) is 5.37. The van der Waals surface area contributed by atoms with Crippen molar-refractivity contribution in [2.24, 2.45) is 0 Å². The summed E-state index contributed by atoms with van der Waals surface area (Å²) in [5.41, 5.74) is 1.45. The molecule has 2 heterocycles. The second kappa shape index (κ2) is 11.1. The van der Waals surface area contributed by atoms with Crippen molar-refractivity contribution in [1.82, 2.24) is 19.7 Å². The number of methoxy groups -OCH3 is 1. The van der Waals surface area contributed by atoms with Crippen LogP contribution in [0.2, 0.25) is 0 Å². The Kier molecular flexibility index (Phi) is 8.24. The first kappa shape index (κ1) is 22.3. The Morgan fingerprint density at radius 1 is 1.23 bits per heavy atom. The Balaban J connectivity index is 1.70. The number of carbonyl (C=O) groups is 1. The van der Waals surface area contributed by atoms with E-state index in [1.807, 2.05) is 25.1 Å². The number of para-hydroxylation sites is 1.